The molecule has 1 aliphatic heterocycles. The molecule has 0 bridgehead atoms. The Balaban J connectivity index is 1.48. The van der Waals surface area contributed by atoms with E-state index in [-0.39, 0.29) is 18.9 Å². The van der Waals surface area contributed by atoms with Crippen molar-refractivity contribution in [1.29, 1.82) is 0 Å². The Labute approximate surface area is 171 Å². The lowest BCUT2D eigenvalue weighted by atomic mass is 10.1. The maximum absolute atomic E-state index is 12.8. The maximum Gasteiger partial charge on any atom is 0.276 e. The third kappa shape index (κ3) is 3.12. The molecule has 1 N–H and O–H groups in total. The predicted octanol–water partition coefficient (Wildman–Crippen LogP) is 4.34. The third-order valence-corrected chi connectivity index (χ3v) is 5.02. The number of hydrogen-bond acceptors (Lipinski definition) is 6. The fourth-order valence-corrected chi connectivity index (χ4v) is 3.52. The van der Waals surface area contributed by atoms with Crippen LogP contribution in [-0.2, 0) is 6.54 Å². The highest BCUT2D eigenvalue weighted by molar-refractivity contribution is 5.92. The van der Waals surface area contributed by atoms with Gasteiger partial charge in [-0.25, -0.2) is 4.68 Å². The van der Waals surface area contributed by atoms with Gasteiger partial charge in [-0.05, 0) is 38.1 Å². The van der Waals surface area contributed by atoms with Crippen LogP contribution >= 0.6 is 0 Å². The lowest BCUT2D eigenvalue weighted by Gasteiger charge is -2.05. The number of nitrogens with one attached hydrogen (secondary N) is 1. The lowest BCUT2D eigenvalue weighted by molar-refractivity contribution is 0.174. The number of fused-ring (bicyclic) bond motifs is 2. The van der Waals surface area contributed by atoms with Gasteiger partial charge in [-0.15, -0.1) is 0 Å². The van der Waals surface area contributed by atoms with Crippen molar-refractivity contribution in [1.82, 2.24) is 14.8 Å². The molecule has 8 heteroatoms. The SMILES string of the molecule is Cc1cc(N=NCc2c(C)[nH]n(-c3ccccc3)c2=O)c2cc3c(cc2n1)OCO3. The Morgan fingerprint density at radius 3 is 2.67 bits per heavy atom. The molecule has 5 rings (SSSR count). The molecule has 0 saturated carbocycles. The minimum absolute atomic E-state index is 0.128. The van der Waals surface area contributed by atoms with Gasteiger partial charge < -0.3 is 9.47 Å². The zero-order valence-electron chi connectivity index (χ0n) is 16.5. The van der Waals surface area contributed by atoms with Gasteiger partial charge in [-0.2, -0.15) is 10.2 Å². The van der Waals surface area contributed by atoms with E-state index in [0.717, 1.165) is 28.0 Å². The van der Waals surface area contributed by atoms with Crippen LogP contribution in [0.5, 0.6) is 11.5 Å². The first kappa shape index (κ1) is 18.1. The first-order chi connectivity index (χ1) is 14.6. The number of H-pyrrole nitrogens is 1. The van der Waals surface area contributed by atoms with E-state index in [4.69, 9.17) is 9.47 Å². The van der Waals surface area contributed by atoms with Gasteiger partial charge >= 0.3 is 0 Å². The van der Waals surface area contributed by atoms with Crippen LogP contribution in [0.25, 0.3) is 16.6 Å². The summed E-state index contributed by atoms with van der Waals surface area (Å²) in [5, 5.41) is 12.7. The van der Waals surface area contributed by atoms with E-state index in [1.54, 1.807) is 0 Å². The highest BCUT2D eigenvalue weighted by Gasteiger charge is 2.17. The molecule has 0 aliphatic carbocycles. The summed E-state index contributed by atoms with van der Waals surface area (Å²) in [6, 6.07) is 15.0. The van der Waals surface area contributed by atoms with Gasteiger partial charge in [0.15, 0.2) is 11.5 Å². The molecule has 4 aromatic rings. The Morgan fingerprint density at radius 2 is 1.87 bits per heavy atom. The van der Waals surface area contributed by atoms with Crippen LogP contribution in [-0.4, -0.2) is 21.6 Å². The second kappa shape index (κ2) is 7.14. The van der Waals surface area contributed by atoms with Gasteiger partial charge in [0.1, 0.15) is 0 Å². The second-order valence-electron chi connectivity index (χ2n) is 7.10. The summed E-state index contributed by atoms with van der Waals surface area (Å²) < 4.78 is 12.4. The molecule has 150 valence electrons. The highest BCUT2D eigenvalue weighted by atomic mass is 16.7. The Morgan fingerprint density at radius 1 is 1.10 bits per heavy atom. The number of nitrogens with zero attached hydrogens (tertiary/aromatic N) is 4. The van der Waals surface area contributed by atoms with E-state index >= 15 is 0 Å². The molecule has 0 radical (unpaired) electrons. The van der Waals surface area contributed by atoms with Crippen molar-refractivity contribution in [3.63, 3.8) is 0 Å². The number of hydrogen-bond donors (Lipinski definition) is 1. The number of aryl methyl sites for hydroxylation is 2. The first-order valence-corrected chi connectivity index (χ1v) is 9.54. The lowest BCUT2D eigenvalue weighted by Crippen LogP contribution is -2.16. The van der Waals surface area contributed by atoms with Crippen molar-refractivity contribution in [2.24, 2.45) is 10.2 Å². The summed E-state index contributed by atoms with van der Waals surface area (Å²) in [5.41, 5.74) is 4.25. The highest BCUT2D eigenvalue weighted by Crippen LogP contribution is 2.38. The fourth-order valence-electron chi connectivity index (χ4n) is 3.52. The van der Waals surface area contributed by atoms with E-state index < -0.39 is 0 Å². The molecule has 2 aromatic carbocycles. The fraction of sp³-hybridized carbons (Fsp3) is 0.182. The quantitative estimate of drug-likeness (QED) is 0.515. The van der Waals surface area contributed by atoms with Gasteiger partial charge in [-0.3, -0.25) is 14.9 Å². The molecule has 0 unspecified atom stereocenters. The van der Waals surface area contributed by atoms with Gasteiger partial charge in [0.05, 0.1) is 29.0 Å². The monoisotopic (exact) mass is 401 g/mol. The second-order valence-corrected chi connectivity index (χ2v) is 7.10. The molecule has 30 heavy (non-hydrogen) atoms. The maximum atomic E-state index is 12.8. The van der Waals surface area contributed by atoms with E-state index in [1.807, 2.05) is 62.4 Å². The number of benzene rings is 2. The van der Waals surface area contributed by atoms with Crippen LogP contribution in [0.4, 0.5) is 5.69 Å². The van der Waals surface area contributed by atoms with Crippen molar-refractivity contribution in [2.45, 2.75) is 20.4 Å². The molecule has 8 nitrogen and oxygen atoms in total. The molecule has 1 aliphatic rings. The van der Waals surface area contributed by atoms with Gasteiger partial charge in [0.2, 0.25) is 6.79 Å². The van der Waals surface area contributed by atoms with E-state index in [0.29, 0.717) is 22.7 Å². The van der Waals surface area contributed by atoms with Crippen LogP contribution in [0, 0.1) is 13.8 Å². The number of ether oxygens (including phenoxy) is 2. The van der Waals surface area contributed by atoms with E-state index in [2.05, 4.69) is 20.3 Å². The van der Waals surface area contributed by atoms with Crippen LogP contribution in [0.1, 0.15) is 17.0 Å². The predicted molar refractivity (Wildman–Crippen MR) is 112 cm³/mol. The topological polar surface area (TPSA) is 93.9 Å². The molecule has 0 saturated heterocycles. The van der Waals surface area contributed by atoms with Crippen LogP contribution in [0.3, 0.4) is 0 Å². The van der Waals surface area contributed by atoms with Gasteiger partial charge in [0.25, 0.3) is 5.56 Å². The Bertz CT molecular complexity index is 1340. The average molecular weight is 401 g/mol. The molecule has 0 amide bonds. The molecular formula is C22H19N5O3. The van der Waals surface area contributed by atoms with Crippen molar-refractivity contribution < 1.29 is 9.47 Å². The summed E-state index contributed by atoms with van der Waals surface area (Å²) >= 11 is 0. The summed E-state index contributed by atoms with van der Waals surface area (Å²) in [6.07, 6.45) is 0. The smallest absolute Gasteiger partial charge is 0.276 e. The van der Waals surface area contributed by atoms with Gasteiger partial charge in [-0.1, -0.05) is 18.2 Å². The number of aromatic amines is 1. The normalized spacial score (nSPS) is 12.9. The third-order valence-electron chi connectivity index (χ3n) is 5.02. The number of aromatic nitrogens is 3. The number of pyridine rings is 1. The zero-order chi connectivity index (χ0) is 20.7. The number of azo groups is 1. The molecule has 0 fully saturated rings. The summed E-state index contributed by atoms with van der Waals surface area (Å²) in [7, 11) is 0. The van der Waals surface area contributed by atoms with Crippen molar-refractivity contribution in [3.05, 3.63) is 75.8 Å². The Kier molecular flexibility index (Phi) is 4.31. The summed E-state index contributed by atoms with van der Waals surface area (Å²) in [4.78, 5) is 17.4. The van der Waals surface area contributed by atoms with Crippen molar-refractivity contribution in [2.75, 3.05) is 6.79 Å². The zero-order valence-corrected chi connectivity index (χ0v) is 16.5. The molecular weight excluding hydrogens is 382 g/mol. The summed E-state index contributed by atoms with van der Waals surface area (Å²) in [6.45, 7) is 4.13. The van der Waals surface area contributed by atoms with Crippen LogP contribution in [0.2, 0.25) is 0 Å². The van der Waals surface area contributed by atoms with Crippen molar-refractivity contribution in [3.8, 4) is 17.2 Å². The Hall–Kier alpha value is -3.94. The standard InChI is InChI=1S/C22H19N5O3/c1-13-8-19(16-9-20-21(30-12-29-20)10-18(16)24-13)25-23-11-17-14(2)26-27(22(17)28)15-6-4-3-5-7-15/h3-10,26H,11-12H2,1-2H3. The molecule has 2 aromatic heterocycles. The number of para-hydroxylation sites is 1. The largest absolute Gasteiger partial charge is 0.454 e. The molecule has 0 spiro atoms. The average Bonchev–Trinajstić information content (AvgIpc) is 3.31. The summed E-state index contributed by atoms with van der Waals surface area (Å²) in [5.74, 6) is 1.34. The van der Waals surface area contributed by atoms with E-state index in [9.17, 15) is 4.79 Å². The molecule has 0 atom stereocenters. The van der Waals surface area contributed by atoms with Crippen molar-refractivity contribution >= 4 is 16.6 Å². The van der Waals surface area contributed by atoms with E-state index in [1.165, 1.54) is 4.68 Å². The molecule has 3 heterocycles. The minimum Gasteiger partial charge on any atom is -0.454 e. The van der Waals surface area contributed by atoms with Gasteiger partial charge in [0, 0.05) is 22.8 Å². The first-order valence-electron chi connectivity index (χ1n) is 9.54. The number of rotatable bonds is 4. The van der Waals surface area contributed by atoms with Crippen LogP contribution < -0.4 is 15.0 Å². The van der Waals surface area contributed by atoms with Crippen LogP contribution in [0.15, 0.2) is 63.6 Å². The minimum atomic E-state index is -0.128.